The minimum atomic E-state index is -1.41. The molecule has 1 aromatic heterocycles. The SMILES string of the molecule is COc1ccccc1S(=O)CC(=O)c1sccc1Br. The number of hydrogen-bond acceptors (Lipinski definition) is 4. The van der Waals surface area contributed by atoms with Crippen molar-refractivity contribution in [2.24, 2.45) is 0 Å². The van der Waals surface area contributed by atoms with Gasteiger partial charge in [-0.05, 0) is 39.5 Å². The van der Waals surface area contributed by atoms with Crippen LogP contribution in [0.2, 0.25) is 0 Å². The molecule has 2 aromatic rings. The highest BCUT2D eigenvalue weighted by atomic mass is 79.9. The molecule has 0 N–H and O–H groups in total. The predicted octanol–water partition coefficient (Wildman–Crippen LogP) is 3.51. The van der Waals surface area contributed by atoms with Crippen molar-refractivity contribution in [1.29, 1.82) is 0 Å². The summed E-state index contributed by atoms with van der Waals surface area (Å²) in [5, 5.41) is 1.82. The van der Waals surface area contributed by atoms with Gasteiger partial charge in [0, 0.05) is 4.47 Å². The molecule has 0 amide bonds. The molecule has 0 fully saturated rings. The third-order valence-electron chi connectivity index (χ3n) is 2.45. The second-order valence-corrected chi connectivity index (χ2v) is 6.85. The number of ether oxygens (including phenoxy) is 1. The minimum Gasteiger partial charge on any atom is -0.495 e. The molecule has 3 nitrogen and oxygen atoms in total. The Hall–Kier alpha value is -0.980. The van der Waals surface area contributed by atoms with Crippen molar-refractivity contribution in [3.05, 3.63) is 45.1 Å². The molecule has 6 heteroatoms. The Kier molecular flexibility index (Phi) is 4.90. The van der Waals surface area contributed by atoms with Crippen LogP contribution in [-0.2, 0) is 10.8 Å². The second kappa shape index (κ2) is 6.45. The molecule has 1 heterocycles. The summed E-state index contributed by atoms with van der Waals surface area (Å²) < 4.78 is 18.1. The zero-order chi connectivity index (χ0) is 13.8. The maximum absolute atomic E-state index is 12.2. The summed E-state index contributed by atoms with van der Waals surface area (Å²) in [5.74, 6) is 0.365. The third-order valence-corrected chi connectivity index (χ3v) is 5.68. The number of hydrogen-bond donors (Lipinski definition) is 0. The van der Waals surface area contributed by atoms with Gasteiger partial charge in [-0.3, -0.25) is 9.00 Å². The minimum absolute atomic E-state index is 0.0422. The van der Waals surface area contributed by atoms with Gasteiger partial charge in [0.15, 0.2) is 5.78 Å². The van der Waals surface area contributed by atoms with Gasteiger partial charge >= 0.3 is 0 Å². The van der Waals surface area contributed by atoms with Crippen LogP contribution in [0.15, 0.2) is 45.1 Å². The Bertz CT molecular complexity index is 622. The summed E-state index contributed by atoms with van der Waals surface area (Å²) in [7, 11) is 0.115. The normalized spacial score (nSPS) is 12.1. The Morgan fingerprint density at radius 3 is 2.74 bits per heavy atom. The molecule has 1 aromatic carbocycles. The molecule has 1 unspecified atom stereocenters. The van der Waals surface area contributed by atoms with E-state index >= 15 is 0 Å². The fourth-order valence-corrected chi connectivity index (χ4v) is 4.33. The van der Waals surface area contributed by atoms with E-state index in [1.54, 1.807) is 24.3 Å². The van der Waals surface area contributed by atoms with Crippen molar-refractivity contribution in [2.45, 2.75) is 4.90 Å². The van der Waals surface area contributed by atoms with Gasteiger partial charge in [-0.1, -0.05) is 12.1 Å². The van der Waals surface area contributed by atoms with Crippen molar-refractivity contribution in [3.8, 4) is 5.75 Å². The number of carbonyl (C=O) groups is 1. The van der Waals surface area contributed by atoms with Crippen molar-refractivity contribution in [1.82, 2.24) is 0 Å². The zero-order valence-electron chi connectivity index (χ0n) is 10.1. The molecular weight excluding hydrogens is 348 g/mol. The lowest BCUT2D eigenvalue weighted by Crippen LogP contribution is -2.11. The van der Waals surface area contributed by atoms with Crippen LogP contribution in [0.3, 0.4) is 0 Å². The number of Topliss-reactive ketones (excluding diaryl/α,β-unsaturated/α-hetero) is 1. The molecule has 0 aliphatic heterocycles. The monoisotopic (exact) mass is 358 g/mol. The highest BCUT2D eigenvalue weighted by Crippen LogP contribution is 2.25. The zero-order valence-corrected chi connectivity index (χ0v) is 13.3. The lowest BCUT2D eigenvalue weighted by Gasteiger charge is -2.07. The molecule has 100 valence electrons. The topological polar surface area (TPSA) is 43.4 Å². The number of benzene rings is 1. The van der Waals surface area contributed by atoms with Crippen LogP contribution in [-0.4, -0.2) is 22.9 Å². The first-order valence-corrected chi connectivity index (χ1v) is 8.40. The van der Waals surface area contributed by atoms with E-state index in [0.717, 1.165) is 4.47 Å². The molecule has 0 radical (unpaired) electrons. The Morgan fingerprint density at radius 1 is 1.37 bits per heavy atom. The number of methoxy groups -OCH3 is 1. The van der Waals surface area contributed by atoms with Crippen LogP contribution in [0.1, 0.15) is 9.67 Å². The molecule has 0 saturated heterocycles. The van der Waals surface area contributed by atoms with E-state index in [2.05, 4.69) is 15.9 Å². The number of halogens is 1. The first-order valence-electron chi connectivity index (χ1n) is 5.41. The molecule has 2 rings (SSSR count). The van der Waals surface area contributed by atoms with Gasteiger partial charge in [0.05, 0.1) is 33.4 Å². The van der Waals surface area contributed by atoms with Crippen LogP contribution in [0, 0.1) is 0 Å². The predicted molar refractivity (Wildman–Crippen MR) is 80.6 cm³/mol. The number of para-hydroxylation sites is 1. The summed E-state index contributed by atoms with van der Waals surface area (Å²) in [6.07, 6.45) is 0. The maximum Gasteiger partial charge on any atom is 0.186 e. The highest BCUT2D eigenvalue weighted by Gasteiger charge is 2.18. The summed E-state index contributed by atoms with van der Waals surface area (Å²) in [4.78, 5) is 13.2. The summed E-state index contributed by atoms with van der Waals surface area (Å²) >= 11 is 4.65. The third kappa shape index (κ3) is 3.32. The Labute approximate surface area is 126 Å². The smallest absolute Gasteiger partial charge is 0.186 e. The number of rotatable bonds is 5. The first kappa shape index (κ1) is 14.4. The maximum atomic E-state index is 12.2. The number of carbonyl (C=O) groups excluding carboxylic acids is 1. The Morgan fingerprint density at radius 2 is 2.11 bits per heavy atom. The van der Waals surface area contributed by atoms with Crippen LogP contribution in [0.5, 0.6) is 5.75 Å². The molecule has 1 atom stereocenters. The van der Waals surface area contributed by atoms with Crippen LogP contribution in [0.4, 0.5) is 0 Å². The van der Waals surface area contributed by atoms with E-state index in [-0.39, 0.29) is 11.5 Å². The van der Waals surface area contributed by atoms with Gasteiger partial charge in [0.2, 0.25) is 0 Å². The van der Waals surface area contributed by atoms with E-state index in [0.29, 0.717) is 15.5 Å². The average Bonchev–Trinajstić information content (AvgIpc) is 2.85. The van der Waals surface area contributed by atoms with Gasteiger partial charge < -0.3 is 4.74 Å². The fraction of sp³-hybridized carbons (Fsp3) is 0.154. The largest absolute Gasteiger partial charge is 0.495 e. The molecule has 0 aliphatic carbocycles. The van der Waals surface area contributed by atoms with E-state index in [4.69, 9.17) is 4.74 Å². The van der Waals surface area contributed by atoms with Gasteiger partial charge in [-0.2, -0.15) is 0 Å². The fourth-order valence-electron chi connectivity index (χ4n) is 1.56. The highest BCUT2D eigenvalue weighted by molar-refractivity contribution is 9.10. The van der Waals surface area contributed by atoms with Gasteiger partial charge in [0.25, 0.3) is 0 Å². The van der Waals surface area contributed by atoms with E-state index < -0.39 is 10.8 Å². The standard InChI is InChI=1S/C13H11BrO3S2/c1-17-11-4-2-3-5-12(11)19(16)8-10(15)13-9(14)6-7-18-13/h2-7H,8H2,1H3. The number of thiophene rings is 1. The average molecular weight is 359 g/mol. The summed E-state index contributed by atoms with van der Waals surface area (Å²) in [6.45, 7) is 0. The van der Waals surface area contributed by atoms with Gasteiger partial charge in [0.1, 0.15) is 5.75 Å². The molecule has 0 saturated carbocycles. The van der Waals surface area contributed by atoms with E-state index in [1.165, 1.54) is 18.4 Å². The molecular formula is C13H11BrO3S2. The van der Waals surface area contributed by atoms with Crippen molar-refractivity contribution >= 4 is 43.8 Å². The van der Waals surface area contributed by atoms with Crippen LogP contribution >= 0.6 is 27.3 Å². The van der Waals surface area contributed by atoms with Crippen molar-refractivity contribution in [2.75, 3.05) is 12.9 Å². The number of ketones is 1. The molecule has 19 heavy (non-hydrogen) atoms. The second-order valence-electron chi connectivity index (χ2n) is 3.66. The van der Waals surface area contributed by atoms with E-state index in [9.17, 15) is 9.00 Å². The summed E-state index contributed by atoms with van der Waals surface area (Å²) in [5.41, 5.74) is 0. The molecule has 0 bridgehead atoms. The van der Waals surface area contributed by atoms with Crippen LogP contribution in [0.25, 0.3) is 0 Å². The molecule has 0 aliphatic rings. The van der Waals surface area contributed by atoms with Gasteiger partial charge in [-0.15, -0.1) is 11.3 Å². The van der Waals surface area contributed by atoms with Gasteiger partial charge in [-0.25, -0.2) is 0 Å². The first-order chi connectivity index (χ1) is 9.13. The lowest BCUT2D eigenvalue weighted by molar-refractivity contribution is 0.102. The lowest BCUT2D eigenvalue weighted by atomic mass is 10.3. The summed E-state index contributed by atoms with van der Waals surface area (Å²) in [6, 6.07) is 8.84. The Balaban J connectivity index is 2.18. The van der Waals surface area contributed by atoms with Crippen molar-refractivity contribution < 1.29 is 13.7 Å². The van der Waals surface area contributed by atoms with E-state index in [1.807, 2.05) is 11.4 Å². The molecule has 0 spiro atoms. The quantitative estimate of drug-likeness (QED) is 0.768. The van der Waals surface area contributed by atoms with Crippen LogP contribution < -0.4 is 4.74 Å². The van der Waals surface area contributed by atoms with Crippen molar-refractivity contribution in [3.63, 3.8) is 0 Å².